The molecule has 1 aromatic heterocycles. The molecule has 0 fully saturated rings. The highest BCUT2D eigenvalue weighted by Gasteiger charge is 2.29. The topological polar surface area (TPSA) is 160 Å². The fourth-order valence-corrected chi connectivity index (χ4v) is 4.51. The van der Waals surface area contributed by atoms with Crippen molar-refractivity contribution >= 4 is 46.2 Å². The molecule has 0 saturated carbocycles. The lowest BCUT2D eigenvalue weighted by atomic mass is 10.1. The van der Waals surface area contributed by atoms with Gasteiger partial charge in [0.1, 0.15) is 15.4 Å². The van der Waals surface area contributed by atoms with E-state index in [1.165, 1.54) is 0 Å². The van der Waals surface area contributed by atoms with Gasteiger partial charge in [-0.3, -0.25) is 19.7 Å². The first-order valence-corrected chi connectivity index (χ1v) is 12.2. The molecule has 1 amide bonds. The third-order valence-electron chi connectivity index (χ3n) is 4.58. The van der Waals surface area contributed by atoms with Gasteiger partial charge in [0.2, 0.25) is 5.91 Å². The zero-order valence-corrected chi connectivity index (χ0v) is 19.2. The Hall–Kier alpha value is -2.05. The Bertz CT molecular complexity index is 792. The molecule has 1 aromatic rings. The van der Waals surface area contributed by atoms with Crippen molar-refractivity contribution in [1.82, 2.24) is 4.98 Å². The molecule has 0 aromatic carbocycles. The Morgan fingerprint density at radius 1 is 1.26 bits per heavy atom. The van der Waals surface area contributed by atoms with E-state index in [0.29, 0.717) is 18.2 Å². The number of nitrogens with zero attached hydrogens (tertiary/aromatic N) is 2. The number of aromatic nitrogens is 1. The first kappa shape index (κ1) is 27.0. The minimum Gasteiger partial charge on any atom is -0.480 e. The molecule has 0 aliphatic heterocycles. The molecule has 0 radical (unpaired) electrons. The second-order valence-electron chi connectivity index (χ2n) is 6.93. The minimum atomic E-state index is -2.43. The lowest BCUT2D eigenvalue weighted by molar-refractivity contribution is -0.387. The van der Waals surface area contributed by atoms with Crippen LogP contribution >= 0.6 is 11.8 Å². The van der Waals surface area contributed by atoms with Crippen LogP contribution in [0, 0.1) is 10.1 Å². The molecule has 0 aliphatic rings. The number of carbonyl (C=O) groups is 2. The summed E-state index contributed by atoms with van der Waals surface area (Å²) in [6.45, 7) is 3.72. The summed E-state index contributed by atoms with van der Waals surface area (Å²) >= 11 is -1.72. The van der Waals surface area contributed by atoms with Crippen LogP contribution in [0.4, 0.5) is 11.5 Å². The third kappa shape index (κ3) is 8.91. The van der Waals surface area contributed by atoms with Crippen molar-refractivity contribution in [1.29, 1.82) is 0 Å². The fourth-order valence-electron chi connectivity index (χ4n) is 2.87. The lowest BCUT2D eigenvalue weighted by Gasteiger charge is -2.16. The molecule has 0 aliphatic carbocycles. The number of carboxylic acid groups (broad SMARTS) is 1. The molecule has 3 N–H and O–H groups in total. The molecule has 3 unspecified atom stereocenters. The molecule has 1 rings (SSSR count). The van der Waals surface area contributed by atoms with Gasteiger partial charge in [-0.05, 0) is 12.8 Å². The van der Waals surface area contributed by atoms with Crippen LogP contribution in [0.25, 0.3) is 0 Å². The van der Waals surface area contributed by atoms with E-state index in [2.05, 4.69) is 17.2 Å². The van der Waals surface area contributed by atoms with Gasteiger partial charge in [-0.15, -0.1) is 11.8 Å². The van der Waals surface area contributed by atoms with Crippen LogP contribution in [0.2, 0.25) is 0 Å². The highest BCUT2D eigenvalue weighted by molar-refractivity contribution is 8.00. The van der Waals surface area contributed by atoms with Gasteiger partial charge in [-0.1, -0.05) is 52.4 Å². The van der Waals surface area contributed by atoms with Crippen LogP contribution in [-0.2, 0) is 20.7 Å². The van der Waals surface area contributed by atoms with Gasteiger partial charge in [0.15, 0.2) is 16.9 Å². The molecule has 3 atom stereocenters. The number of nitrogens with one attached hydrogen (secondary N) is 1. The molecule has 0 saturated heterocycles. The number of carboxylic acids is 1. The molecule has 174 valence electrons. The quantitative estimate of drug-likeness (QED) is 0.111. The number of aliphatic carboxylic acids is 1. The number of hydrogen-bond acceptors (Lipinski definition) is 7. The second-order valence-corrected chi connectivity index (χ2v) is 9.26. The summed E-state index contributed by atoms with van der Waals surface area (Å²) in [5, 5.41) is 20.9. The van der Waals surface area contributed by atoms with Crippen LogP contribution in [0.3, 0.4) is 0 Å². The maximum Gasteiger partial charge on any atom is 0.316 e. The van der Waals surface area contributed by atoms with E-state index in [-0.39, 0.29) is 23.6 Å². The predicted molar refractivity (Wildman–Crippen MR) is 120 cm³/mol. The highest BCUT2D eigenvalue weighted by Crippen LogP contribution is 2.38. The van der Waals surface area contributed by atoms with E-state index in [0.717, 1.165) is 44.4 Å². The van der Waals surface area contributed by atoms with Gasteiger partial charge in [0, 0.05) is 12.3 Å². The smallest absolute Gasteiger partial charge is 0.316 e. The van der Waals surface area contributed by atoms with E-state index in [9.17, 15) is 33.6 Å². The number of thioether (sulfide) groups is 1. The minimum absolute atomic E-state index is 0.0999. The average molecular weight is 476 g/mol. The first-order chi connectivity index (χ1) is 14.7. The number of pyridine rings is 1. The molecular formula is C19H29N3O7S2. The van der Waals surface area contributed by atoms with Crippen LogP contribution < -0.4 is 5.32 Å². The standard InChI is InChI=1S/C19H29N3O7S2/c1-3-5-6-7-8-9-10-15(31(28)29)18(23)21-17-16(30-14(4-2)19(24)25)13(22(26)27)11-12-20-17/h11-12,14-15H,3-10H2,1-2H3,(H,24,25)(H,28,29)(H,20,21,23). The number of hydrogen-bond donors (Lipinski definition) is 3. The van der Waals surface area contributed by atoms with Crippen molar-refractivity contribution < 1.29 is 28.4 Å². The van der Waals surface area contributed by atoms with Gasteiger partial charge in [0.25, 0.3) is 5.69 Å². The molecule has 1 heterocycles. The van der Waals surface area contributed by atoms with Crippen LogP contribution in [0.1, 0.15) is 65.2 Å². The van der Waals surface area contributed by atoms with Crippen molar-refractivity contribution in [2.24, 2.45) is 0 Å². The number of anilines is 1. The summed E-state index contributed by atoms with van der Waals surface area (Å²) in [6, 6.07) is 1.12. The number of rotatable bonds is 15. The van der Waals surface area contributed by atoms with E-state index in [1.807, 2.05) is 0 Å². The van der Waals surface area contributed by atoms with E-state index >= 15 is 0 Å². The maximum atomic E-state index is 12.6. The fraction of sp³-hybridized carbons (Fsp3) is 0.632. The summed E-state index contributed by atoms with van der Waals surface area (Å²) in [7, 11) is 0. The Morgan fingerprint density at radius 2 is 1.90 bits per heavy atom. The van der Waals surface area contributed by atoms with Crippen molar-refractivity contribution in [3.05, 3.63) is 22.4 Å². The third-order valence-corrected chi connectivity index (χ3v) is 6.98. The summed E-state index contributed by atoms with van der Waals surface area (Å²) in [4.78, 5) is 38.6. The average Bonchev–Trinajstić information content (AvgIpc) is 2.71. The summed E-state index contributed by atoms with van der Waals surface area (Å²) < 4.78 is 21.3. The number of nitro groups is 1. The highest BCUT2D eigenvalue weighted by atomic mass is 32.2. The normalized spacial score (nSPS) is 13.9. The summed E-state index contributed by atoms with van der Waals surface area (Å²) in [6.07, 6.45) is 7.18. The molecule has 31 heavy (non-hydrogen) atoms. The lowest BCUT2D eigenvalue weighted by Crippen LogP contribution is -2.32. The monoisotopic (exact) mass is 475 g/mol. The van der Waals surface area contributed by atoms with Crippen molar-refractivity contribution in [3.63, 3.8) is 0 Å². The van der Waals surface area contributed by atoms with E-state index < -0.39 is 44.1 Å². The Kier molecular flexibility index (Phi) is 12.3. The van der Waals surface area contributed by atoms with Gasteiger partial charge >= 0.3 is 5.97 Å². The molecule has 10 nitrogen and oxygen atoms in total. The molecule has 12 heteroatoms. The maximum absolute atomic E-state index is 12.6. The van der Waals surface area contributed by atoms with Gasteiger partial charge in [-0.25, -0.2) is 9.19 Å². The Morgan fingerprint density at radius 3 is 2.45 bits per heavy atom. The van der Waals surface area contributed by atoms with Gasteiger partial charge in [-0.2, -0.15) is 0 Å². The van der Waals surface area contributed by atoms with Gasteiger partial charge in [0.05, 0.1) is 4.92 Å². The van der Waals surface area contributed by atoms with Crippen LogP contribution in [0.15, 0.2) is 17.2 Å². The summed E-state index contributed by atoms with van der Waals surface area (Å²) in [5.41, 5.74) is -0.396. The van der Waals surface area contributed by atoms with Crippen LogP contribution in [-0.4, -0.2) is 46.2 Å². The van der Waals surface area contributed by atoms with Gasteiger partial charge < -0.3 is 15.0 Å². The predicted octanol–water partition coefficient (Wildman–Crippen LogP) is 4.22. The largest absolute Gasteiger partial charge is 0.480 e. The van der Waals surface area contributed by atoms with Crippen molar-refractivity contribution in [2.45, 2.75) is 80.6 Å². The zero-order valence-electron chi connectivity index (χ0n) is 17.6. The zero-order chi connectivity index (χ0) is 23.4. The van der Waals surface area contributed by atoms with Crippen molar-refractivity contribution in [2.75, 3.05) is 5.32 Å². The SMILES string of the molecule is CCCCCCCCC(C(=O)Nc1nccc([N+](=O)[O-])c1SC(CC)C(=O)O)S(=O)O. The molecule has 0 spiro atoms. The number of amides is 1. The Balaban J connectivity index is 3.00. The Labute approximate surface area is 188 Å². The number of unbranched alkanes of at least 4 members (excludes halogenated alkanes) is 5. The number of carbonyl (C=O) groups excluding carboxylic acids is 1. The molecular weight excluding hydrogens is 446 g/mol. The second kappa shape index (κ2) is 14.1. The first-order valence-electron chi connectivity index (χ1n) is 10.2. The van der Waals surface area contributed by atoms with Crippen molar-refractivity contribution in [3.8, 4) is 0 Å². The van der Waals surface area contributed by atoms with E-state index in [1.54, 1.807) is 6.92 Å². The summed E-state index contributed by atoms with van der Waals surface area (Å²) in [5.74, 6) is -2.13. The van der Waals surface area contributed by atoms with E-state index in [4.69, 9.17) is 0 Å². The molecule has 0 bridgehead atoms. The van der Waals surface area contributed by atoms with Crippen LogP contribution in [0.5, 0.6) is 0 Å².